The lowest BCUT2D eigenvalue weighted by Crippen LogP contribution is -2.28. The molecule has 2 N–H and O–H groups in total. The lowest BCUT2D eigenvalue weighted by atomic mass is 10.1. The van der Waals surface area contributed by atoms with Crippen LogP contribution in [0.15, 0.2) is 41.1 Å². The summed E-state index contributed by atoms with van der Waals surface area (Å²) in [5, 5.41) is 15.9. The highest BCUT2D eigenvalue weighted by atomic mass is 32.1. The molecule has 1 aromatic heterocycles. The number of carbonyl (C=O) groups excluding carboxylic acids is 1. The number of halogens is 1. The monoisotopic (exact) mass is 265 g/mol. The first-order valence-corrected chi connectivity index (χ1v) is 6.35. The molecular weight excluding hydrogens is 253 g/mol. The summed E-state index contributed by atoms with van der Waals surface area (Å²) in [5.74, 6) is -1.09. The number of aliphatic hydroxyl groups excluding tert-OH is 1. The lowest BCUT2D eigenvalue weighted by Gasteiger charge is -2.10. The maximum absolute atomic E-state index is 13.3. The van der Waals surface area contributed by atoms with Crippen molar-refractivity contribution in [2.75, 3.05) is 6.54 Å². The maximum atomic E-state index is 13.3. The molecule has 1 atom stereocenters. The minimum atomic E-state index is -0.771. The number of carbonyl (C=O) groups is 1. The summed E-state index contributed by atoms with van der Waals surface area (Å²) in [4.78, 5) is 11.7. The summed E-state index contributed by atoms with van der Waals surface area (Å²) in [7, 11) is 0. The third-order valence-electron chi connectivity index (χ3n) is 2.50. The molecule has 2 rings (SSSR count). The molecule has 0 aliphatic carbocycles. The van der Waals surface area contributed by atoms with Gasteiger partial charge in [-0.15, -0.1) is 0 Å². The van der Waals surface area contributed by atoms with Gasteiger partial charge in [0.2, 0.25) is 0 Å². The molecule has 0 bridgehead atoms. The fraction of sp³-hybridized carbons (Fsp3) is 0.154. The van der Waals surface area contributed by atoms with E-state index in [9.17, 15) is 14.3 Å². The molecule has 5 heteroatoms. The summed E-state index contributed by atoms with van der Waals surface area (Å²) in [6.45, 7) is 0.0594. The third kappa shape index (κ3) is 2.94. The van der Waals surface area contributed by atoms with Crippen molar-refractivity contribution in [2.24, 2.45) is 0 Å². The fourth-order valence-electron chi connectivity index (χ4n) is 1.51. The van der Waals surface area contributed by atoms with E-state index in [2.05, 4.69) is 5.32 Å². The van der Waals surface area contributed by atoms with Gasteiger partial charge >= 0.3 is 0 Å². The smallest absolute Gasteiger partial charge is 0.254 e. The number of rotatable bonds is 4. The van der Waals surface area contributed by atoms with Crippen LogP contribution in [0.25, 0.3) is 0 Å². The van der Waals surface area contributed by atoms with E-state index >= 15 is 0 Å². The molecule has 0 fully saturated rings. The molecule has 0 saturated carbocycles. The van der Waals surface area contributed by atoms with E-state index in [0.717, 1.165) is 5.56 Å². The summed E-state index contributed by atoms with van der Waals surface area (Å²) in [6, 6.07) is 7.52. The molecule has 0 aliphatic rings. The van der Waals surface area contributed by atoms with Crippen molar-refractivity contribution in [3.8, 4) is 0 Å². The molecule has 1 heterocycles. The Morgan fingerprint density at radius 1 is 1.39 bits per heavy atom. The fourth-order valence-corrected chi connectivity index (χ4v) is 2.22. The molecular formula is C13H12FNO2S. The number of amides is 1. The standard InChI is InChI=1S/C13H12FNO2S/c14-11-4-2-1-3-10(11)13(17)15-7-12(16)9-5-6-18-8-9/h1-6,8,12,16H,7H2,(H,15,17). The molecule has 94 valence electrons. The SMILES string of the molecule is O=C(NCC(O)c1ccsc1)c1ccccc1F. The number of hydrogen-bond donors (Lipinski definition) is 2. The van der Waals surface area contributed by atoms with Crippen molar-refractivity contribution in [3.63, 3.8) is 0 Å². The Hall–Kier alpha value is -1.72. The van der Waals surface area contributed by atoms with E-state index in [0.29, 0.717) is 0 Å². The zero-order valence-electron chi connectivity index (χ0n) is 9.47. The van der Waals surface area contributed by atoms with E-state index in [1.807, 2.05) is 5.38 Å². The van der Waals surface area contributed by atoms with E-state index < -0.39 is 17.8 Å². The Bertz CT molecular complexity index is 528. The van der Waals surface area contributed by atoms with Crippen LogP contribution in [-0.2, 0) is 0 Å². The highest BCUT2D eigenvalue weighted by Crippen LogP contribution is 2.15. The summed E-state index contributed by atoms with van der Waals surface area (Å²) >= 11 is 1.47. The van der Waals surface area contributed by atoms with Gasteiger partial charge in [-0.2, -0.15) is 11.3 Å². The minimum Gasteiger partial charge on any atom is -0.387 e. The second-order valence-electron chi connectivity index (χ2n) is 3.76. The van der Waals surface area contributed by atoms with Crippen molar-refractivity contribution in [3.05, 3.63) is 58.0 Å². The van der Waals surface area contributed by atoms with Gasteiger partial charge in [0.25, 0.3) is 5.91 Å². The Morgan fingerprint density at radius 3 is 2.83 bits per heavy atom. The summed E-state index contributed by atoms with van der Waals surface area (Å²) in [6.07, 6.45) is -0.771. The molecule has 1 amide bonds. The van der Waals surface area contributed by atoms with E-state index in [1.54, 1.807) is 17.5 Å². The Balaban J connectivity index is 1.95. The number of hydrogen-bond acceptors (Lipinski definition) is 3. The molecule has 0 radical (unpaired) electrons. The van der Waals surface area contributed by atoms with Gasteiger partial charge < -0.3 is 10.4 Å². The van der Waals surface area contributed by atoms with E-state index in [-0.39, 0.29) is 12.1 Å². The number of benzene rings is 1. The van der Waals surface area contributed by atoms with Crippen molar-refractivity contribution in [1.82, 2.24) is 5.32 Å². The van der Waals surface area contributed by atoms with Crippen LogP contribution in [-0.4, -0.2) is 17.6 Å². The van der Waals surface area contributed by atoms with Gasteiger partial charge in [-0.3, -0.25) is 4.79 Å². The van der Waals surface area contributed by atoms with Crippen LogP contribution < -0.4 is 5.32 Å². The van der Waals surface area contributed by atoms with Gasteiger partial charge in [-0.1, -0.05) is 12.1 Å². The summed E-state index contributed by atoms with van der Waals surface area (Å²) < 4.78 is 13.3. The topological polar surface area (TPSA) is 49.3 Å². The Labute approximate surface area is 108 Å². The minimum absolute atomic E-state index is 0.0185. The van der Waals surface area contributed by atoms with Gasteiger partial charge in [-0.05, 0) is 34.5 Å². The van der Waals surface area contributed by atoms with Crippen molar-refractivity contribution in [1.29, 1.82) is 0 Å². The maximum Gasteiger partial charge on any atom is 0.254 e. The van der Waals surface area contributed by atoms with Crippen LogP contribution >= 0.6 is 11.3 Å². The van der Waals surface area contributed by atoms with Crippen LogP contribution in [0.3, 0.4) is 0 Å². The second-order valence-corrected chi connectivity index (χ2v) is 4.54. The first-order valence-electron chi connectivity index (χ1n) is 5.41. The quantitative estimate of drug-likeness (QED) is 0.891. The molecule has 1 aromatic carbocycles. The average molecular weight is 265 g/mol. The van der Waals surface area contributed by atoms with Gasteiger partial charge in [0.05, 0.1) is 11.7 Å². The van der Waals surface area contributed by atoms with Crippen LogP contribution in [0.5, 0.6) is 0 Å². The lowest BCUT2D eigenvalue weighted by molar-refractivity contribution is 0.0912. The van der Waals surface area contributed by atoms with Gasteiger partial charge in [0.1, 0.15) is 5.82 Å². The Kier molecular flexibility index (Phi) is 4.07. The van der Waals surface area contributed by atoms with Crippen LogP contribution in [0.4, 0.5) is 4.39 Å². The predicted molar refractivity (Wildman–Crippen MR) is 68.0 cm³/mol. The molecule has 0 spiro atoms. The van der Waals surface area contributed by atoms with Gasteiger partial charge in [0, 0.05) is 6.54 Å². The van der Waals surface area contributed by atoms with Crippen LogP contribution in [0.2, 0.25) is 0 Å². The van der Waals surface area contributed by atoms with Gasteiger partial charge in [-0.25, -0.2) is 4.39 Å². The first-order chi connectivity index (χ1) is 8.68. The summed E-state index contributed by atoms with van der Waals surface area (Å²) in [5.41, 5.74) is 0.726. The first kappa shape index (κ1) is 12.7. The number of nitrogens with one attached hydrogen (secondary N) is 1. The molecule has 2 aromatic rings. The second kappa shape index (κ2) is 5.75. The number of aliphatic hydroxyl groups is 1. The molecule has 1 unspecified atom stereocenters. The van der Waals surface area contributed by atoms with Crippen molar-refractivity contribution < 1.29 is 14.3 Å². The molecule has 0 saturated heterocycles. The highest BCUT2D eigenvalue weighted by Gasteiger charge is 2.13. The zero-order valence-corrected chi connectivity index (χ0v) is 10.3. The van der Waals surface area contributed by atoms with E-state index in [4.69, 9.17) is 0 Å². The predicted octanol–water partition coefficient (Wildman–Crippen LogP) is 2.35. The number of thiophene rings is 1. The van der Waals surface area contributed by atoms with Crippen molar-refractivity contribution in [2.45, 2.75) is 6.10 Å². The van der Waals surface area contributed by atoms with E-state index in [1.165, 1.54) is 29.5 Å². The normalized spacial score (nSPS) is 12.1. The third-order valence-corrected chi connectivity index (χ3v) is 3.20. The zero-order chi connectivity index (χ0) is 13.0. The Morgan fingerprint density at radius 2 is 2.17 bits per heavy atom. The highest BCUT2D eigenvalue weighted by molar-refractivity contribution is 7.07. The van der Waals surface area contributed by atoms with Crippen molar-refractivity contribution >= 4 is 17.2 Å². The largest absolute Gasteiger partial charge is 0.387 e. The van der Waals surface area contributed by atoms with Gasteiger partial charge in [0.15, 0.2) is 0 Å². The van der Waals surface area contributed by atoms with Crippen LogP contribution in [0, 0.1) is 5.82 Å². The molecule has 18 heavy (non-hydrogen) atoms. The van der Waals surface area contributed by atoms with Crippen LogP contribution in [0.1, 0.15) is 22.0 Å². The molecule has 3 nitrogen and oxygen atoms in total. The molecule has 0 aliphatic heterocycles. The average Bonchev–Trinajstić information content (AvgIpc) is 2.90.